The fourth-order valence-electron chi connectivity index (χ4n) is 14.2. The Morgan fingerprint density at radius 3 is 1.32 bits per heavy atom. The second kappa shape index (κ2) is 42.4. The van der Waals surface area contributed by atoms with E-state index in [0.717, 1.165) is 16.7 Å². The van der Waals surface area contributed by atoms with Crippen molar-refractivity contribution >= 4 is 132 Å². The highest BCUT2D eigenvalue weighted by atomic mass is 16.5. The summed E-state index contributed by atoms with van der Waals surface area (Å²) in [4.78, 5) is 188. The number of nitrogens with one attached hydrogen (secondary N) is 9. The third-order valence-corrected chi connectivity index (χ3v) is 20.2. The molecule has 6 aromatic carbocycles. The molecule has 0 spiro atoms. The van der Waals surface area contributed by atoms with Crippen molar-refractivity contribution in [2.45, 2.75) is 90.9 Å². The van der Waals surface area contributed by atoms with Gasteiger partial charge in [-0.3, -0.25) is 52.8 Å². The third kappa shape index (κ3) is 22.4. The van der Waals surface area contributed by atoms with E-state index in [-0.39, 0.29) is 98.7 Å². The van der Waals surface area contributed by atoms with Crippen LogP contribution in [-0.4, -0.2) is 221 Å². The Kier molecular flexibility index (Phi) is 31.0. The molecule has 3 aliphatic heterocycles. The van der Waals surface area contributed by atoms with E-state index in [1.165, 1.54) is 35.5 Å². The van der Waals surface area contributed by atoms with E-state index < -0.39 is 65.3 Å². The van der Waals surface area contributed by atoms with Gasteiger partial charge in [-0.05, 0) is 101 Å². The lowest BCUT2D eigenvalue weighted by Gasteiger charge is -2.39. The van der Waals surface area contributed by atoms with Crippen molar-refractivity contribution in [1.29, 1.82) is 0 Å². The van der Waals surface area contributed by atoms with E-state index in [9.17, 15) is 62.3 Å². The molecule has 0 radical (unpaired) electrons. The highest BCUT2D eigenvalue weighted by molar-refractivity contribution is 6.46. The van der Waals surface area contributed by atoms with Crippen LogP contribution < -0.4 is 31.9 Å². The zero-order valence-corrected chi connectivity index (χ0v) is 66.6. The van der Waals surface area contributed by atoms with Gasteiger partial charge in [0.1, 0.15) is 0 Å². The largest absolute Gasteiger partial charge is 0.469 e. The van der Waals surface area contributed by atoms with Gasteiger partial charge >= 0.3 is 42.2 Å². The number of hydrogen-bond donors (Lipinski definition) is 9. The topological polar surface area (TPSA) is 394 Å². The lowest BCUT2D eigenvalue weighted by molar-refractivity contribution is -0.144. The van der Waals surface area contributed by atoms with E-state index in [0.29, 0.717) is 139 Å². The predicted octanol–water partition coefficient (Wildman–Crippen LogP) is 11.1. The van der Waals surface area contributed by atoms with Gasteiger partial charge < -0.3 is 80.7 Å². The van der Waals surface area contributed by atoms with E-state index in [4.69, 9.17) is 22.6 Å². The third-order valence-electron chi connectivity index (χ3n) is 20.2. The number of likely N-dealkylation sites (tertiary alicyclic amines) is 1. The minimum absolute atomic E-state index is 0.0496. The van der Waals surface area contributed by atoms with Gasteiger partial charge in [-0.2, -0.15) is 0 Å². The Bertz CT molecular complexity index is 5330. The Morgan fingerprint density at radius 1 is 0.462 bits per heavy atom. The van der Waals surface area contributed by atoms with Crippen molar-refractivity contribution in [2.75, 3.05) is 108 Å². The van der Waals surface area contributed by atoms with Crippen molar-refractivity contribution < 1.29 is 76.5 Å². The number of aromatic amines is 3. The average molecular weight is 1620 g/mol. The molecule has 32 nitrogen and oxygen atoms in total. The molecule has 9 aromatic rings. The number of H-pyrrole nitrogens is 3. The van der Waals surface area contributed by atoms with Crippen LogP contribution in [0.15, 0.2) is 170 Å². The van der Waals surface area contributed by atoms with E-state index >= 15 is 0 Å². The standard InChI is InChI=1S/C29H32N6O5.C29H33N5O6.C29H29N5O5/c1-19-18-34(27(30-2)20-9-5-4-6-10-20)15-16-35(19)28(38)26(37)22-17-32-25-21(22)11-7-12-23(25)33-29(39)31-14-8-13-24(36)40-3;1-3-40-24(35)13-8-14-30-29(39)32-23-12-7-11-21-22(17-31-25(21)23)26(36)28(38)34-16-15-33(18-19(34)2)27(37)20-9-5-4-6-10-20;1-3-39-24(35)12-15-31-29(38)33-23-11-7-10-21-22(18-32-26(21)23)27(36)28(37)34-16-13-20(14-17-34)25(30-2)19-8-5-4-6-9-19/h4-7,9-12,17,19,27,32H,8,13-16,18H2,1,3H3,(H2,31,33,39);4-7,9-12,17,19,31H,3,8,13-16,18H2,1-2H3,(H2,30,32,39);4-11,18,32H,3,12-17H2,1H3,(H2,31,33,38)/t19-,27?;19-;/m11./s1. The summed E-state index contributed by atoms with van der Waals surface area (Å²) in [5.74, 6) is -4.96. The number of rotatable bonds is 26. The van der Waals surface area contributed by atoms with Gasteiger partial charge in [0.2, 0.25) is 0 Å². The Hall–Kier alpha value is -14.3. The number of aromatic nitrogens is 3. The number of fused-ring (bicyclic) bond motifs is 3. The number of para-hydroxylation sites is 3. The number of esters is 3. The van der Waals surface area contributed by atoms with Crippen LogP contribution >= 0.6 is 0 Å². The molecule has 1 unspecified atom stereocenters. The number of nitrogens with zero attached hydrogens (tertiary/aromatic N) is 7. The first kappa shape index (κ1) is 87.1. The van der Waals surface area contributed by atoms with Crippen LogP contribution in [0.4, 0.5) is 31.4 Å². The number of hydrogen-bond acceptors (Lipinski definition) is 17. The van der Waals surface area contributed by atoms with Crippen molar-refractivity contribution in [3.8, 4) is 0 Å². The molecule has 12 rings (SSSR count). The molecular weight excluding hydrogens is 1530 g/mol. The van der Waals surface area contributed by atoms with Gasteiger partial charge in [0.25, 0.3) is 41.0 Å². The lowest BCUT2D eigenvalue weighted by atomic mass is 9.97. The first-order valence-corrected chi connectivity index (χ1v) is 39.1. The summed E-state index contributed by atoms with van der Waals surface area (Å²) in [5.41, 5.74) is 7.41. The molecule has 3 aromatic heterocycles. The molecule has 3 aliphatic rings. The Morgan fingerprint density at radius 2 is 0.882 bits per heavy atom. The Labute approximate surface area is 686 Å². The number of Topliss-reactive ketones (excluding diaryl/α,β-unsaturated/α-hetero) is 3. The number of methoxy groups -OCH3 is 1. The van der Waals surface area contributed by atoms with Crippen LogP contribution in [-0.2, 0) is 43.0 Å². The fourth-order valence-corrected chi connectivity index (χ4v) is 14.2. The van der Waals surface area contributed by atoms with Crippen LogP contribution in [0.3, 0.4) is 0 Å². The predicted molar refractivity (Wildman–Crippen MR) is 445 cm³/mol. The van der Waals surface area contributed by atoms with Crippen LogP contribution in [0.2, 0.25) is 0 Å². The number of carbonyl (C=O) groups excluding carboxylic acids is 13. The quantitative estimate of drug-likeness (QED) is 0.00607. The van der Waals surface area contributed by atoms with E-state index in [1.807, 2.05) is 85.5 Å². The molecule has 3 saturated heterocycles. The zero-order valence-electron chi connectivity index (χ0n) is 66.6. The van der Waals surface area contributed by atoms with Gasteiger partial charge in [0, 0.05) is 137 Å². The van der Waals surface area contributed by atoms with Crippen molar-refractivity contribution in [3.63, 3.8) is 0 Å². The van der Waals surface area contributed by atoms with Gasteiger partial charge in [0.05, 0.1) is 89.2 Å². The second-order valence-electron chi connectivity index (χ2n) is 28.0. The summed E-state index contributed by atoms with van der Waals surface area (Å²) in [7, 11) is 1.31. The molecule has 0 aliphatic carbocycles. The smallest absolute Gasteiger partial charge is 0.319 e. The van der Waals surface area contributed by atoms with Gasteiger partial charge in [0.15, 0.2) is 5.70 Å². The average Bonchev–Trinajstić information content (AvgIpc) is 1.68. The molecule has 10 amide bonds. The molecule has 3 fully saturated rings. The maximum absolute atomic E-state index is 13.3. The van der Waals surface area contributed by atoms with Gasteiger partial charge in [-0.25, -0.2) is 30.7 Å². The molecular formula is C87H94N16O16. The summed E-state index contributed by atoms with van der Waals surface area (Å²) in [6, 6.07) is 41.1. The number of urea groups is 3. The summed E-state index contributed by atoms with van der Waals surface area (Å²) in [5, 5.41) is 17.7. The summed E-state index contributed by atoms with van der Waals surface area (Å²) < 4.78 is 14.3. The number of anilines is 3. The monoisotopic (exact) mass is 1620 g/mol. The van der Waals surface area contributed by atoms with Crippen LogP contribution in [0.1, 0.15) is 131 Å². The summed E-state index contributed by atoms with van der Waals surface area (Å²) in [6.45, 7) is 26.6. The maximum atomic E-state index is 13.3. The maximum Gasteiger partial charge on any atom is 0.319 e. The van der Waals surface area contributed by atoms with E-state index in [1.54, 1.807) is 103 Å². The molecule has 618 valence electrons. The van der Waals surface area contributed by atoms with Crippen molar-refractivity contribution in [2.24, 2.45) is 0 Å². The molecule has 119 heavy (non-hydrogen) atoms. The SMILES string of the molecule is CCOC(=O)CCCNC(=O)Nc1cccc2c(C(=O)C(=O)N3CCN(C(=O)c4ccccc4)C[C@H]3C)c[nH]c12.[C-]#[N+]C(=C1CCN(C(=O)C(=O)c2c[nH]c3c(NC(=O)NCCC(=O)OCC)cccc23)CC1)c1ccccc1.[C-]#[N+]C(c1ccccc1)N1CCN(C(=O)C(=O)c2c[nH]c3c(NC(=O)NCCCC(=O)OC)cccc23)[C@H](C)C1. The first-order valence-electron chi connectivity index (χ1n) is 39.1. The van der Waals surface area contributed by atoms with Crippen LogP contribution in [0, 0.1) is 13.1 Å². The summed E-state index contributed by atoms with van der Waals surface area (Å²) in [6.07, 6.45) is 6.35. The zero-order chi connectivity index (χ0) is 85.1. The number of benzene rings is 6. The fraction of sp³-hybridized carbons (Fsp3) is 0.322. The van der Waals surface area contributed by atoms with Crippen LogP contribution in [0.5, 0.6) is 0 Å². The molecule has 6 heterocycles. The second-order valence-corrected chi connectivity index (χ2v) is 28.0. The highest BCUT2D eigenvalue weighted by Crippen LogP contribution is 2.33. The number of ketones is 3. The van der Waals surface area contributed by atoms with Crippen LogP contribution in [0.25, 0.3) is 48.1 Å². The first-order chi connectivity index (χ1) is 57.6. The molecule has 0 bridgehead atoms. The lowest BCUT2D eigenvalue weighted by Crippen LogP contribution is -2.56. The molecule has 32 heteroatoms. The number of carbonyl (C=O) groups is 13. The Balaban J connectivity index is 0.000000188. The normalized spacial score (nSPS) is 14.7. The van der Waals surface area contributed by atoms with Gasteiger partial charge in [-0.15, -0.1) is 0 Å². The molecule has 0 saturated carbocycles. The highest BCUT2D eigenvalue weighted by Gasteiger charge is 2.39. The van der Waals surface area contributed by atoms with E-state index in [2.05, 4.69) is 61.3 Å². The van der Waals surface area contributed by atoms with Crippen molar-refractivity contribution in [3.05, 3.63) is 226 Å². The summed E-state index contributed by atoms with van der Waals surface area (Å²) >= 11 is 0. The minimum atomic E-state index is -0.665. The van der Waals surface area contributed by atoms with Gasteiger partial charge in [-0.1, -0.05) is 109 Å². The number of piperidine rings is 1. The molecule has 3 atom stereocenters. The number of amides is 10. The number of piperazine rings is 2. The minimum Gasteiger partial charge on any atom is -0.469 e. The molecule has 9 N–H and O–H groups in total. The number of ether oxygens (including phenoxy) is 3. The van der Waals surface area contributed by atoms with Crippen molar-refractivity contribution in [1.82, 2.24) is 55.4 Å².